The fraction of sp³-hybridized carbons (Fsp3) is 0.533. The fourth-order valence-electron chi connectivity index (χ4n) is 1.62. The molecule has 0 fully saturated rings. The summed E-state index contributed by atoms with van der Waals surface area (Å²) in [6.07, 6.45) is 0.486. The highest BCUT2D eigenvalue weighted by atomic mass is 16.5. The Balaban J connectivity index is 2.27. The second kappa shape index (κ2) is 8.53. The number of hydrogen-bond acceptors (Lipinski definition) is 3. The van der Waals surface area contributed by atoms with Crippen molar-refractivity contribution in [3.8, 4) is 5.75 Å². The molecule has 0 saturated heterocycles. The molecule has 0 aliphatic rings. The number of nitrogens with one attached hydrogen (secondary N) is 2. The molecule has 1 amide bonds. The Morgan fingerprint density at radius 2 is 1.95 bits per heavy atom. The number of hydrogen-bond donors (Lipinski definition) is 2. The van der Waals surface area contributed by atoms with Crippen LogP contribution in [-0.2, 0) is 4.79 Å². The molecule has 0 radical (unpaired) electrons. The standard InChI is InChI=1S/C15H24N2O2/c1-4-19-14-7-5-13(6-8-14)17-15(18)9-10-16-11-12(2)3/h5-8,12,16H,4,9-11H2,1-3H3,(H,17,18). The van der Waals surface area contributed by atoms with Gasteiger partial charge in [-0.3, -0.25) is 4.79 Å². The van der Waals surface area contributed by atoms with Crippen LogP contribution in [0.25, 0.3) is 0 Å². The molecule has 1 aromatic rings. The minimum Gasteiger partial charge on any atom is -0.494 e. The van der Waals surface area contributed by atoms with Crippen molar-refractivity contribution in [1.29, 1.82) is 0 Å². The van der Waals surface area contributed by atoms with Crippen LogP contribution in [-0.4, -0.2) is 25.6 Å². The average molecular weight is 264 g/mol. The summed E-state index contributed by atoms with van der Waals surface area (Å²) in [4.78, 5) is 11.7. The van der Waals surface area contributed by atoms with Gasteiger partial charge in [-0.25, -0.2) is 0 Å². The molecule has 0 unspecified atom stereocenters. The van der Waals surface area contributed by atoms with E-state index in [2.05, 4.69) is 24.5 Å². The monoisotopic (exact) mass is 264 g/mol. The molecule has 0 spiro atoms. The molecule has 19 heavy (non-hydrogen) atoms. The Bertz CT molecular complexity index is 374. The van der Waals surface area contributed by atoms with Gasteiger partial charge in [-0.1, -0.05) is 13.8 Å². The summed E-state index contributed by atoms with van der Waals surface area (Å²) in [5, 5.41) is 6.11. The summed E-state index contributed by atoms with van der Waals surface area (Å²) in [6, 6.07) is 7.42. The zero-order chi connectivity index (χ0) is 14.1. The van der Waals surface area contributed by atoms with Gasteiger partial charge in [0.1, 0.15) is 5.75 Å². The van der Waals surface area contributed by atoms with Crippen LogP contribution in [0.15, 0.2) is 24.3 Å². The third-order valence-electron chi connectivity index (χ3n) is 2.53. The van der Waals surface area contributed by atoms with Crippen molar-refractivity contribution in [3.63, 3.8) is 0 Å². The second-order valence-electron chi connectivity index (χ2n) is 4.85. The van der Waals surface area contributed by atoms with E-state index in [4.69, 9.17) is 4.74 Å². The Labute approximate surface area is 115 Å². The summed E-state index contributed by atoms with van der Waals surface area (Å²) in [5.74, 6) is 1.45. The number of anilines is 1. The summed E-state index contributed by atoms with van der Waals surface area (Å²) in [5.41, 5.74) is 0.803. The first-order valence-electron chi connectivity index (χ1n) is 6.85. The van der Waals surface area contributed by atoms with Crippen LogP contribution in [0.4, 0.5) is 5.69 Å². The van der Waals surface area contributed by atoms with Gasteiger partial charge < -0.3 is 15.4 Å². The Morgan fingerprint density at radius 1 is 1.26 bits per heavy atom. The maximum atomic E-state index is 11.7. The predicted octanol–water partition coefficient (Wildman–Crippen LogP) is 2.66. The zero-order valence-electron chi connectivity index (χ0n) is 12.0. The number of carbonyl (C=O) groups is 1. The first-order valence-corrected chi connectivity index (χ1v) is 6.85. The van der Waals surface area contributed by atoms with Gasteiger partial charge in [-0.2, -0.15) is 0 Å². The van der Waals surface area contributed by atoms with E-state index >= 15 is 0 Å². The van der Waals surface area contributed by atoms with Crippen molar-refractivity contribution in [1.82, 2.24) is 5.32 Å². The lowest BCUT2D eigenvalue weighted by atomic mass is 10.2. The van der Waals surface area contributed by atoms with E-state index in [0.29, 0.717) is 25.5 Å². The molecular weight excluding hydrogens is 240 g/mol. The maximum Gasteiger partial charge on any atom is 0.225 e. The molecule has 0 atom stereocenters. The SMILES string of the molecule is CCOc1ccc(NC(=O)CCNCC(C)C)cc1. The van der Waals surface area contributed by atoms with Crippen molar-refractivity contribution in [3.05, 3.63) is 24.3 Å². The Hall–Kier alpha value is -1.55. The molecule has 4 nitrogen and oxygen atoms in total. The maximum absolute atomic E-state index is 11.7. The molecule has 0 bridgehead atoms. The topological polar surface area (TPSA) is 50.4 Å². The van der Waals surface area contributed by atoms with E-state index in [1.54, 1.807) is 0 Å². The first-order chi connectivity index (χ1) is 9.11. The summed E-state index contributed by atoms with van der Waals surface area (Å²) in [7, 11) is 0. The highest BCUT2D eigenvalue weighted by Gasteiger charge is 2.02. The minimum atomic E-state index is 0.0282. The van der Waals surface area contributed by atoms with Crippen molar-refractivity contribution in [2.45, 2.75) is 27.2 Å². The van der Waals surface area contributed by atoms with Gasteiger partial charge in [-0.15, -0.1) is 0 Å². The quantitative estimate of drug-likeness (QED) is 0.710. The number of carbonyl (C=O) groups excluding carboxylic acids is 1. The van der Waals surface area contributed by atoms with Crippen molar-refractivity contribution < 1.29 is 9.53 Å². The Morgan fingerprint density at radius 3 is 2.53 bits per heavy atom. The first kappa shape index (κ1) is 15.5. The summed E-state index contributed by atoms with van der Waals surface area (Å²) in [6.45, 7) is 8.53. The number of rotatable bonds is 8. The molecule has 0 saturated carbocycles. The van der Waals surface area contributed by atoms with Crippen molar-refractivity contribution in [2.24, 2.45) is 5.92 Å². The third-order valence-corrected chi connectivity index (χ3v) is 2.53. The van der Waals surface area contributed by atoms with Crippen LogP contribution >= 0.6 is 0 Å². The van der Waals surface area contributed by atoms with Gasteiger partial charge >= 0.3 is 0 Å². The van der Waals surface area contributed by atoms with E-state index in [1.807, 2.05) is 31.2 Å². The smallest absolute Gasteiger partial charge is 0.225 e. The third kappa shape index (κ3) is 6.82. The molecule has 0 aliphatic heterocycles. The van der Waals surface area contributed by atoms with E-state index in [0.717, 1.165) is 18.0 Å². The van der Waals surface area contributed by atoms with Crippen LogP contribution in [0.2, 0.25) is 0 Å². The Kier molecular flexibility index (Phi) is 6.97. The van der Waals surface area contributed by atoms with Crippen LogP contribution in [0.1, 0.15) is 27.2 Å². The lowest BCUT2D eigenvalue weighted by molar-refractivity contribution is -0.116. The largest absolute Gasteiger partial charge is 0.494 e. The van der Waals surface area contributed by atoms with Gasteiger partial charge in [0.25, 0.3) is 0 Å². The highest BCUT2D eigenvalue weighted by Crippen LogP contribution is 2.15. The highest BCUT2D eigenvalue weighted by molar-refractivity contribution is 5.90. The fourth-order valence-corrected chi connectivity index (χ4v) is 1.62. The average Bonchev–Trinajstić information content (AvgIpc) is 2.37. The van der Waals surface area contributed by atoms with Gasteiger partial charge in [0.15, 0.2) is 0 Å². The van der Waals surface area contributed by atoms with Crippen molar-refractivity contribution in [2.75, 3.05) is 25.0 Å². The van der Waals surface area contributed by atoms with Gasteiger partial charge in [0.05, 0.1) is 6.61 Å². The molecule has 2 N–H and O–H groups in total. The summed E-state index contributed by atoms with van der Waals surface area (Å²) >= 11 is 0. The van der Waals surface area contributed by atoms with Crippen LogP contribution < -0.4 is 15.4 Å². The lowest BCUT2D eigenvalue weighted by Gasteiger charge is -2.09. The molecular formula is C15H24N2O2. The number of benzene rings is 1. The zero-order valence-corrected chi connectivity index (χ0v) is 12.0. The van der Waals surface area contributed by atoms with E-state index in [1.165, 1.54) is 0 Å². The normalized spacial score (nSPS) is 10.5. The minimum absolute atomic E-state index is 0.0282. The van der Waals surface area contributed by atoms with Gasteiger partial charge in [0.2, 0.25) is 5.91 Å². The summed E-state index contributed by atoms with van der Waals surface area (Å²) < 4.78 is 5.34. The number of amides is 1. The van der Waals surface area contributed by atoms with Crippen LogP contribution in [0, 0.1) is 5.92 Å². The second-order valence-corrected chi connectivity index (χ2v) is 4.85. The lowest BCUT2D eigenvalue weighted by Crippen LogP contribution is -2.24. The van der Waals surface area contributed by atoms with E-state index in [-0.39, 0.29) is 5.91 Å². The molecule has 0 aliphatic carbocycles. The molecule has 1 aromatic carbocycles. The van der Waals surface area contributed by atoms with Crippen molar-refractivity contribution >= 4 is 11.6 Å². The molecule has 4 heteroatoms. The van der Waals surface area contributed by atoms with Crippen LogP contribution in [0.3, 0.4) is 0 Å². The molecule has 0 heterocycles. The van der Waals surface area contributed by atoms with E-state index < -0.39 is 0 Å². The van der Waals surface area contributed by atoms with Crippen LogP contribution in [0.5, 0.6) is 5.75 Å². The van der Waals surface area contributed by atoms with E-state index in [9.17, 15) is 4.79 Å². The molecule has 106 valence electrons. The van der Waals surface area contributed by atoms with Gasteiger partial charge in [0, 0.05) is 18.7 Å². The number of ether oxygens (including phenoxy) is 1. The molecule has 1 rings (SSSR count). The predicted molar refractivity (Wildman–Crippen MR) is 78.6 cm³/mol. The molecule has 0 aromatic heterocycles. The van der Waals surface area contributed by atoms with Gasteiger partial charge in [-0.05, 0) is 43.7 Å².